The smallest absolute Gasteiger partial charge is 0.228 e. The number of carbonyl (C=O) groups excluding carboxylic acids is 1. The van der Waals surface area contributed by atoms with Gasteiger partial charge in [0.2, 0.25) is 15.9 Å². The van der Waals surface area contributed by atoms with E-state index in [2.05, 4.69) is 15.5 Å². The number of nitrogens with one attached hydrogen (secondary N) is 2. The first-order valence-electron chi connectivity index (χ1n) is 6.70. The van der Waals surface area contributed by atoms with Crippen molar-refractivity contribution in [1.82, 2.24) is 14.5 Å². The maximum atomic E-state index is 12.1. The monoisotopic (exact) mass is 300 g/mol. The summed E-state index contributed by atoms with van der Waals surface area (Å²) in [5.41, 5.74) is 0.965. The van der Waals surface area contributed by atoms with E-state index in [0.29, 0.717) is 31.7 Å². The molecule has 7 nitrogen and oxygen atoms in total. The molecule has 0 saturated carbocycles. The van der Waals surface area contributed by atoms with Crippen molar-refractivity contribution < 1.29 is 13.2 Å². The highest BCUT2D eigenvalue weighted by atomic mass is 32.2. The Labute approximate surface area is 118 Å². The maximum absolute atomic E-state index is 12.1. The molecule has 0 unspecified atom stereocenters. The second kappa shape index (κ2) is 5.92. The molecule has 0 bridgehead atoms. The molecule has 112 valence electrons. The number of aromatic amines is 1. The number of sulfonamides is 1. The van der Waals surface area contributed by atoms with Crippen LogP contribution in [-0.4, -0.2) is 48.2 Å². The molecule has 1 amide bonds. The summed E-state index contributed by atoms with van der Waals surface area (Å²) < 4.78 is 24.2. The molecule has 0 aliphatic carbocycles. The lowest BCUT2D eigenvalue weighted by molar-refractivity contribution is -0.120. The van der Waals surface area contributed by atoms with Crippen LogP contribution in [0.3, 0.4) is 0 Å². The van der Waals surface area contributed by atoms with Gasteiger partial charge < -0.3 is 5.32 Å². The van der Waals surface area contributed by atoms with Crippen molar-refractivity contribution in [3.05, 3.63) is 11.8 Å². The number of hydrogen-bond acceptors (Lipinski definition) is 4. The first-order chi connectivity index (χ1) is 9.40. The van der Waals surface area contributed by atoms with Crippen molar-refractivity contribution in [2.45, 2.75) is 26.2 Å². The van der Waals surface area contributed by atoms with Gasteiger partial charge in [-0.15, -0.1) is 0 Å². The van der Waals surface area contributed by atoms with Crippen LogP contribution in [0.25, 0.3) is 0 Å². The third kappa shape index (κ3) is 3.57. The van der Waals surface area contributed by atoms with Crippen molar-refractivity contribution in [2.75, 3.05) is 24.7 Å². The number of aryl methyl sites for hydroxylation is 1. The van der Waals surface area contributed by atoms with E-state index in [9.17, 15) is 13.2 Å². The van der Waals surface area contributed by atoms with E-state index in [1.54, 1.807) is 0 Å². The van der Waals surface area contributed by atoms with Gasteiger partial charge in [0.15, 0.2) is 5.82 Å². The molecule has 2 heterocycles. The molecule has 1 saturated heterocycles. The molecule has 1 aromatic rings. The van der Waals surface area contributed by atoms with E-state index in [1.165, 1.54) is 10.6 Å². The average Bonchev–Trinajstić information content (AvgIpc) is 2.85. The molecule has 1 aromatic heterocycles. The zero-order valence-electron chi connectivity index (χ0n) is 11.7. The standard InChI is InChI=1S/C12H20N4O3S/c1-3-10-8-11(15-14-10)13-12(17)9-4-6-16(7-5-9)20(2,18)19/h8-9H,3-7H2,1-2H3,(H2,13,14,15,17). The van der Waals surface area contributed by atoms with Gasteiger partial charge in [-0.2, -0.15) is 5.10 Å². The predicted molar refractivity (Wildman–Crippen MR) is 75.7 cm³/mol. The minimum absolute atomic E-state index is 0.0905. The number of hydrogen-bond donors (Lipinski definition) is 2. The minimum Gasteiger partial charge on any atom is -0.309 e. The average molecular weight is 300 g/mol. The van der Waals surface area contributed by atoms with Crippen molar-refractivity contribution in [1.29, 1.82) is 0 Å². The Morgan fingerprint density at radius 3 is 2.65 bits per heavy atom. The SMILES string of the molecule is CCc1cc(NC(=O)C2CCN(S(C)(=O)=O)CC2)n[nH]1. The minimum atomic E-state index is -3.15. The number of H-pyrrole nitrogens is 1. The lowest BCUT2D eigenvalue weighted by Crippen LogP contribution is -2.40. The number of nitrogens with zero attached hydrogens (tertiary/aromatic N) is 2. The second-order valence-electron chi connectivity index (χ2n) is 5.06. The second-order valence-corrected chi connectivity index (χ2v) is 7.04. The number of anilines is 1. The summed E-state index contributed by atoms with van der Waals surface area (Å²) in [7, 11) is -3.15. The van der Waals surface area contributed by atoms with E-state index >= 15 is 0 Å². The first kappa shape index (κ1) is 15.0. The highest BCUT2D eigenvalue weighted by Crippen LogP contribution is 2.20. The summed E-state index contributed by atoms with van der Waals surface area (Å²) in [5.74, 6) is 0.277. The number of carbonyl (C=O) groups is 1. The van der Waals surface area contributed by atoms with Gasteiger partial charge in [-0.3, -0.25) is 9.89 Å². The van der Waals surface area contributed by atoms with E-state index in [-0.39, 0.29) is 11.8 Å². The van der Waals surface area contributed by atoms with E-state index in [1.807, 2.05) is 13.0 Å². The molecule has 2 N–H and O–H groups in total. The van der Waals surface area contributed by atoms with Crippen LogP contribution in [0.4, 0.5) is 5.82 Å². The highest BCUT2D eigenvalue weighted by molar-refractivity contribution is 7.88. The van der Waals surface area contributed by atoms with Gasteiger partial charge in [0.1, 0.15) is 0 Å². The van der Waals surface area contributed by atoms with Crippen molar-refractivity contribution in [3.8, 4) is 0 Å². The van der Waals surface area contributed by atoms with Crippen LogP contribution in [0.5, 0.6) is 0 Å². The van der Waals surface area contributed by atoms with Crippen LogP contribution >= 0.6 is 0 Å². The van der Waals surface area contributed by atoms with E-state index < -0.39 is 10.0 Å². The summed E-state index contributed by atoms with van der Waals surface area (Å²) in [6, 6.07) is 1.81. The zero-order valence-corrected chi connectivity index (χ0v) is 12.5. The molecule has 20 heavy (non-hydrogen) atoms. The third-order valence-electron chi connectivity index (χ3n) is 3.56. The van der Waals surface area contributed by atoms with E-state index in [4.69, 9.17) is 0 Å². The van der Waals surface area contributed by atoms with Crippen LogP contribution in [-0.2, 0) is 21.2 Å². The largest absolute Gasteiger partial charge is 0.309 e. The molecule has 0 radical (unpaired) electrons. The molecular formula is C12H20N4O3S. The predicted octanol–water partition coefficient (Wildman–Crippen LogP) is 0.582. The van der Waals surface area contributed by atoms with Gasteiger partial charge >= 0.3 is 0 Å². The van der Waals surface area contributed by atoms with Crippen LogP contribution in [0.15, 0.2) is 6.07 Å². The topological polar surface area (TPSA) is 95.2 Å². The Morgan fingerprint density at radius 1 is 1.50 bits per heavy atom. The first-order valence-corrected chi connectivity index (χ1v) is 8.55. The highest BCUT2D eigenvalue weighted by Gasteiger charge is 2.29. The zero-order chi connectivity index (χ0) is 14.8. The Bertz CT molecular complexity index is 573. The molecule has 2 rings (SSSR count). The van der Waals surface area contributed by atoms with Crippen molar-refractivity contribution in [2.24, 2.45) is 5.92 Å². The van der Waals surface area contributed by atoms with Gasteiger partial charge in [0.05, 0.1) is 6.26 Å². The molecule has 1 aliphatic rings. The fourth-order valence-electron chi connectivity index (χ4n) is 2.28. The van der Waals surface area contributed by atoms with Gasteiger partial charge in [0.25, 0.3) is 0 Å². The maximum Gasteiger partial charge on any atom is 0.228 e. The Morgan fingerprint density at radius 2 is 2.15 bits per heavy atom. The van der Waals surface area contributed by atoms with Crippen LogP contribution in [0.1, 0.15) is 25.5 Å². The summed E-state index contributed by atoms with van der Waals surface area (Å²) >= 11 is 0. The fraction of sp³-hybridized carbons (Fsp3) is 0.667. The fourth-order valence-corrected chi connectivity index (χ4v) is 3.16. The Hall–Kier alpha value is -1.41. The molecular weight excluding hydrogens is 280 g/mol. The molecule has 0 aromatic carbocycles. The summed E-state index contributed by atoms with van der Waals surface area (Å²) in [6.07, 6.45) is 3.12. The summed E-state index contributed by atoms with van der Waals surface area (Å²) in [4.78, 5) is 12.1. The van der Waals surface area contributed by atoms with Crippen molar-refractivity contribution >= 4 is 21.7 Å². The molecule has 1 fully saturated rings. The van der Waals surface area contributed by atoms with Gasteiger partial charge in [0, 0.05) is 30.8 Å². The summed E-state index contributed by atoms with van der Waals surface area (Å²) in [5, 5.41) is 9.62. The molecule has 0 spiro atoms. The number of amides is 1. The van der Waals surface area contributed by atoms with Crippen LogP contribution < -0.4 is 5.32 Å². The Balaban J connectivity index is 1.89. The normalized spacial score (nSPS) is 18.1. The quantitative estimate of drug-likeness (QED) is 0.850. The lowest BCUT2D eigenvalue weighted by Gasteiger charge is -2.29. The third-order valence-corrected chi connectivity index (χ3v) is 4.86. The van der Waals surface area contributed by atoms with Gasteiger partial charge in [-0.25, -0.2) is 12.7 Å². The number of rotatable bonds is 4. The van der Waals surface area contributed by atoms with Crippen molar-refractivity contribution in [3.63, 3.8) is 0 Å². The summed E-state index contributed by atoms with van der Waals surface area (Å²) in [6.45, 7) is 2.80. The number of aromatic nitrogens is 2. The van der Waals surface area contributed by atoms with Crippen LogP contribution in [0, 0.1) is 5.92 Å². The molecule has 1 aliphatic heterocycles. The van der Waals surface area contributed by atoms with Gasteiger partial charge in [-0.1, -0.05) is 6.92 Å². The number of piperidine rings is 1. The Kier molecular flexibility index (Phi) is 4.44. The molecule has 0 atom stereocenters. The lowest BCUT2D eigenvalue weighted by atomic mass is 9.97. The van der Waals surface area contributed by atoms with E-state index in [0.717, 1.165) is 12.1 Å². The molecule has 8 heteroatoms. The van der Waals surface area contributed by atoms with Gasteiger partial charge in [-0.05, 0) is 19.3 Å². The van der Waals surface area contributed by atoms with Crippen LogP contribution in [0.2, 0.25) is 0 Å².